The van der Waals surface area contributed by atoms with Crippen molar-refractivity contribution in [1.29, 1.82) is 5.26 Å². The first-order valence-electron chi connectivity index (χ1n) is 7.45. The molecule has 3 N–H and O–H groups in total. The zero-order valence-corrected chi connectivity index (χ0v) is 13.2. The van der Waals surface area contributed by atoms with E-state index in [0.29, 0.717) is 11.4 Å². The molecule has 0 saturated heterocycles. The minimum Gasteiger partial charge on any atom is -0.330 e. The summed E-state index contributed by atoms with van der Waals surface area (Å²) in [5, 5.41) is 17.1. The summed E-state index contributed by atoms with van der Waals surface area (Å²) >= 11 is 0. The van der Waals surface area contributed by atoms with Crippen LogP contribution in [-0.4, -0.2) is 11.9 Å². The Labute approximate surface area is 140 Å². The van der Waals surface area contributed by atoms with Crippen LogP contribution in [0.4, 0.5) is 16.2 Å². The highest BCUT2D eigenvalue weighted by Gasteiger charge is 2.14. The molecule has 122 valence electrons. The SMILES string of the molecule is CC(=O)Nc1ccc(NC(=O)N[C@@H](CC#N)c2ccccc2)cc1. The van der Waals surface area contributed by atoms with Crippen LogP contribution in [0.3, 0.4) is 0 Å². The number of anilines is 2. The molecule has 0 bridgehead atoms. The van der Waals surface area contributed by atoms with Crippen LogP contribution in [0.25, 0.3) is 0 Å². The quantitative estimate of drug-likeness (QED) is 0.787. The Bertz CT molecular complexity index is 736. The summed E-state index contributed by atoms with van der Waals surface area (Å²) in [5.74, 6) is -0.157. The number of rotatable bonds is 5. The smallest absolute Gasteiger partial charge is 0.319 e. The van der Waals surface area contributed by atoms with E-state index < -0.39 is 6.03 Å². The van der Waals surface area contributed by atoms with Crippen molar-refractivity contribution in [2.75, 3.05) is 10.6 Å². The third-order valence-corrected chi connectivity index (χ3v) is 3.27. The highest BCUT2D eigenvalue weighted by atomic mass is 16.2. The maximum Gasteiger partial charge on any atom is 0.319 e. The number of hydrogen-bond acceptors (Lipinski definition) is 3. The normalized spacial score (nSPS) is 11.0. The maximum atomic E-state index is 12.1. The van der Waals surface area contributed by atoms with E-state index in [1.54, 1.807) is 24.3 Å². The zero-order valence-electron chi connectivity index (χ0n) is 13.2. The molecule has 2 rings (SSSR count). The van der Waals surface area contributed by atoms with Gasteiger partial charge in [0.15, 0.2) is 0 Å². The maximum absolute atomic E-state index is 12.1. The lowest BCUT2D eigenvalue weighted by Crippen LogP contribution is -2.32. The molecular formula is C18H18N4O2. The summed E-state index contributed by atoms with van der Waals surface area (Å²) in [4.78, 5) is 23.1. The number of carbonyl (C=O) groups is 2. The minimum atomic E-state index is -0.397. The van der Waals surface area contributed by atoms with E-state index in [2.05, 4.69) is 22.0 Å². The van der Waals surface area contributed by atoms with E-state index in [-0.39, 0.29) is 18.4 Å². The molecule has 0 saturated carbocycles. The number of nitrogens with one attached hydrogen (secondary N) is 3. The highest BCUT2D eigenvalue weighted by molar-refractivity contribution is 5.91. The van der Waals surface area contributed by atoms with Crippen LogP contribution in [0.1, 0.15) is 24.9 Å². The molecule has 0 unspecified atom stereocenters. The highest BCUT2D eigenvalue weighted by Crippen LogP contribution is 2.17. The average molecular weight is 322 g/mol. The number of carbonyl (C=O) groups excluding carboxylic acids is 2. The van der Waals surface area contributed by atoms with Crippen molar-refractivity contribution in [3.8, 4) is 6.07 Å². The van der Waals surface area contributed by atoms with E-state index in [9.17, 15) is 9.59 Å². The van der Waals surface area contributed by atoms with Gasteiger partial charge in [0.2, 0.25) is 5.91 Å². The second kappa shape index (κ2) is 8.34. The molecule has 0 heterocycles. The van der Waals surface area contributed by atoms with Crippen molar-refractivity contribution in [2.45, 2.75) is 19.4 Å². The number of hydrogen-bond donors (Lipinski definition) is 3. The van der Waals surface area contributed by atoms with Gasteiger partial charge in [0.1, 0.15) is 0 Å². The van der Waals surface area contributed by atoms with Gasteiger partial charge in [-0.3, -0.25) is 4.79 Å². The topological polar surface area (TPSA) is 94.0 Å². The van der Waals surface area contributed by atoms with Crippen LogP contribution in [-0.2, 0) is 4.79 Å². The first-order chi connectivity index (χ1) is 11.6. The minimum absolute atomic E-state index is 0.157. The molecule has 2 aromatic carbocycles. The molecule has 0 aliphatic rings. The van der Waals surface area contributed by atoms with Crippen LogP contribution in [0, 0.1) is 11.3 Å². The van der Waals surface area contributed by atoms with Gasteiger partial charge in [-0.05, 0) is 29.8 Å². The summed E-state index contributed by atoms with van der Waals surface area (Å²) in [7, 11) is 0. The fraction of sp³-hybridized carbons (Fsp3) is 0.167. The zero-order chi connectivity index (χ0) is 17.4. The predicted molar refractivity (Wildman–Crippen MR) is 92.3 cm³/mol. The summed E-state index contributed by atoms with van der Waals surface area (Å²) in [6.07, 6.45) is 0.179. The Morgan fingerprint density at radius 1 is 1.00 bits per heavy atom. The number of nitrogens with zero attached hydrogens (tertiary/aromatic N) is 1. The molecule has 0 aliphatic carbocycles. The number of urea groups is 1. The molecule has 0 spiro atoms. The lowest BCUT2D eigenvalue weighted by molar-refractivity contribution is -0.114. The molecule has 0 aliphatic heterocycles. The second-order valence-corrected chi connectivity index (χ2v) is 5.18. The Hall–Kier alpha value is -3.33. The lowest BCUT2D eigenvalue weighted by atomic mass is 10.0. The van der Waals surface area contributed by atoms with Crippen LogP contribution >= 0.6 is 0 Å². The van der Waals surface area contributed by atoms with E-state index >= 15 is 0 Å². The van der Waals surface area contributed by atoms with E-state index in [0.717, 1.165) is 5.56 Å². The van der Waals surface area contributed by atoms with Crippen molar-refractivity contribution in [2.24, 2.45) is 0 Å². The van der Waals surface area contributed by atoms with Gasteiger partial charge in [-0.15, -0.1) is 0 Å². The number of amides is 3. The van der Waals surface area contributed by atoms with Crippen molar-refractivity contribution in [3.05, 3.63) is 60.2 Å². The first-order valence-corrected chi connectivity index (χ1v) is 7.45. The Morgan fingerprint density at radius 2 is 1.58 bits per heavy atom. The summed E-state index contributed by atoms with van der Waals surface area (Å²) in [6, 6.07) is 17.4. The average Bonchev–Trinajstić information content (AvgIpc) is 2.56. The monoisotopic (exact) mass is 322 g/mol. The predicted octanol–water partition coefficient (Wildman–Crippen LogP) is 3.42. The number of benzene rings is 2. The van der Waals surface area contributed by atoms with Gasteiger partial charge in [0.25, 0.3) is 0 Å². The largest absolute Gasteiger partial charge is 0.330 e. The number of nitriles is 1. The molecule has 2 aromatic rings. The van der Waals surface area contributed by atoms with Gasteiger partial charge < -0.3 is 16.0 Å². The fourth-order valence-electron chi connectivity index (χ4n) is 2.19. The fourth-order valence-corrected chi connectivity index (χ4v) is 2.19. The third-order valence-electron chi connectivity index (χ3n) is 3.27. The molecule has 1 atom stereocenters. The molecular weight excluding hydrogens is 304 g/mol. The Kier molecular flexibility index (Phi) is 5.92. The Morgan fingerprint density at radius 3 is 2.12 bits per heavy atom. The summed E-state index contributed by atoms with van der Waals surface area (Å²) in [6.45, 7) is 1.43. The first kappa shape index (κ1) is 17.0. The van der Waals surface area contributed by atoms with Crippen molar-refractivity contribution < 1.29 is 9.59 Å². The summed E-state index contributed by atoms with van der Waals surface area (Å²) in [5.41, 5.74) is 2.11. The van der Waals surface area contributed by atoms with Gasteiger partial charge in [-0.25, -0.2) is 4.79 Å². The summed E-state index contributed by atoms with van der Waals surface area (Å²) < 4.78 is 0. The van der Waals surface area contributed by atoms with Gasteiger partial charge in [-0.2, -0.15) is 5.26 Å². The van der Waals surface area contributed by atoms with Gasteiger partial charge in [-0.1, -0.05) is 30.3 Å². The van der Waals surface area contributed by atoms with E-state index in [1.165, 1.54) is 6.92 Å². The second-order valence-electron chi connectivity index (χ2n) is 5.18. The van der Waals surface area contributed by atoms with Crippen molar-refractivity contribution in [1.82, 2.24) is 5.32 Å². The molecule has 24 heavy (non-hydrogen) atoms. The molecule has 0 aromatic heterocycles. The van der Waals surface area contributed by atoms with Gasteiger partial charge >= 0.3 is 6.03 Å². The van der Waals surface area contributed by atoms with Crippen LogP contribution in [0.5, 0.6) is 0 Å². The standard InChI is InChI=1S/C18H18N4O2/c1-13(23)20-15-7-9-16(10-8-15)21-18(24)22-17(11-12-19)14-5-3-2-4-6-14/h2-10,17H,11H2,1H3,(H,20,23)(H2,21,22,24)/t17-/m0/s1. The van der Waals surface area contributed by atoms with Crippen molar-refractivity contribution >= 4 is 23.3 Å². The molecule has 6 heteroatoms. The van der Waals surface area contributed by atoms with Crippen LogP contribution in [0.2, 0.25) is 0 Å². The third kappa shape index (κ3) is 5.14. The van der Waals surface area contributed by atoms with Crippen molar-refractivity contribution in [3.63, 3.8) is 0 Å². The van der Waals surface area contributed by atoms with Crippen LogP contribution < -0.4 is 16.0 Å². The molecule has 3 amide bonds. The molecule has 6 nitrogen and oxygen atoms in total. The molecule has 0 fully saturated rings. The van der Waals surface area contributed by atoms with Gasteiger partial charge in [0, 0.05) is 18.3 Å². The van der Waals surface area contributed by atoms with Crippen LogP contribution in [0.15, 0.2) is 54.6 Å². The lowest BCUT2D eigenvalue weighted by Gasteiger charge is -2.17. The Balaban J connectivity index is 1.98. The van der Waals surface area contributed by atoms with E-state index in [1.807, 2.05) is 30.3 Å². The molecule has 0 radical (unpaired) electrons. The van der Waals surface area contributed by atoms with E-state index in [4.69, 9.17) is 5.26 Å². The van der Waals surface area contributed by atoms with Gasteiger partial charge in [0.05, 0.1) is 18.5 Å².